The highest BCUT2D eigenvalue weighted by Gasteiger charge is 2.49. The number of hydrogen-bond donors (Lipinski definition) is 3. The Labute approximate surface area is 193 Å². The number of anilines is 1. The number of carbonyl (C=O) groups excluding carboxylic acids is 1. The summed E-state index contributed by atoms with van der Waals surface area (Å²) >= 11 is 0. The Kier molecular flexibility index (Phi) is 5.48. The molecule has 168 valence electrons. The number of rotatable bonds is 6. The van der Waals surface area contributed by atoms with Crippen LogP contribution in [0.2, 0.25) is 0 Å². The van der Waals surface area contributed by atoms with Gasteiger partial charge in [-0.15, -0.1) is 0 Å². The number of aliphatic hydroxyl groups excluding tert-OH is 1. The van der Waals surface area contributed by atoms with Gasteiger partial charge in [0.1, 0.15) is 5.76 Å². The first-order valence-electron chi connectivity index (χ1n) is 11.2. The van der Waals surface area contributed by atoms with Crippen LogP contribution in [-0.2, 0) is 10.3 Å². The van der Waals surface area contributed by atoms with Gasteiger partial charge in [0.25, 0.3) is 5.91 Å². The molecule has 2 aliphatic rings. The van der Waals surface area contributed by atoms with Crippen molar-refractivity contribution in [3.05, 3.63) is 94.9 Å². The van der Waals surface area contributed by atoms with Gasteiger partial charge >= 0.3 is 0 Å². The molecule has 1 unspecified atom stereocenters. The molecule has 1 amide bonds. The number of benzene rings is 2. The standard InChI is InChI=1S/C27H27N3O3/c1-17-25(18(2)33-30-17)20-13-14-23-22(15-20)27(26(32)28-23,21-11-7-4-8-12-21)29-24(16-31)19-9-5-3-6-10-19/h4-5,7-15,24,29,31H,3,6,16H2,1-2H3,(H,28,32)/t24-,27?/m0/s1. The monoisotopic (exact) mass is 441 g/mol. The highest BCUT2D eigenvalue weighted by molar-refractivity contribution is 6.09. The minimum Gasteiger partial charge on any atom is -0.394 e. The van der Waals surface area contributed by atoms with E-state index in [0.717, 1.165) is 57.8 Å². The van der Waals surface area contributed by atoms with E-state index in [0.29, 0.717) is 0 Å². The molecule has 5 rings (SSSR count). The number of aryl methyl sites for hydroxylation is 2. The van der Waals surface area contributed by atoms with Crippen LogP contribution in [-0.4, -0.2) is 28.8 Å². The second-order valence-electron chi connectivity index (χ2n) is 8.59. The van der Waals surface area contributed by atoms with Crippen LogP contribution < -0.4 is 10.6 Å². The van der Waals surface area contributed by atoms with Crippen molar-refractivity contribution < 1.29 is 14.4 Å². The number of aliphatic hydroxyl groups is 1. The number of allylic oxidation sites excluding steroid dienone is 2. The Morgan fingerprint density at radius 3 is 2.67 bits per heavy atom. The van der Waals surface area contributed by atoms with Gasteiger partial charge in [0.15, 0.2) is 5.54 Å². The summed E-state index contributed by atoms with van der Waals surface area (Å²) in [6.45, 7) is 3.67. The predicted octanol–water partition coefficient (Wildman–Crippen LogP) is 4.38. The maximum Gasteiger partial charge on any atom is 0.254 e. The third kappa shape index (κ3) is 3.52. The van der Waals surface area contributed by atoms with E-state index in [1.807, 2.05) is 68.5 Å². The Bertz CT molecular complexity index is 1240. The van der Waals surface area contributed by atoms with Gasteiger partial charge in [0.2, 0.25) is 0 Å². The zero-order valence-electron chi connectivity index (χ0n) is 18.8. The van der Waals surface area contributed by atoms with E-state index >= 15 is 0 Å². The molecule has 2 atom stereocenters. The second-order valence-corrected chi connectivity index (χ2v) is 8.59. The first-order valence-corrected chi connectivity index (χ1v) is 11.2. The molecule has 3 aromatic rings. The van der Waals surface area contributed by atoms with Gasteiger partial charge in [-0.25, -0.2) is 0 Å². The molecule has 0 bridgehead atoms. The van der Waals surface area contributed by atoms with Crippen molar-refractivity contribution in [1.82, 2.24) is 10.5 Å². The Balaban J connectivity index is 1.69. The van der Waals surface area contributed by atoms with Crippen molar-refractivity contribution in [2.24, 2.45) is 0 Å². The lowest BCUT2D eigenvalue weighted by molar-refractivity contribution is -0.120. The summed E-state index contributed by atoms with van der Waals surface area (Å²) in [4.78, 5) is 13.7. The van der Waals surface area contributed by atoms with Crippen LogP contribution in [0.4, 0.5) is 5.69 Å². The molecule has 0 spiro atoms. The average Bonchev–Trinajstić information content (AvgIpc) is 3.33. The van der Waals surface area contributed by atoms with Crippen LogP contribution in [0.5, 0.6) is 0 Å². The van der Waals surface area contributed by atoms with Gasteiger partial charge in [-0.2, -0.15) is 0 Å². The summed E-state index contributed by atoms with van der Waals surface area (Å²) in [5.41, 5.74) is 4.86. The Hall–Kier alpha value is -3.48. The second kappa shape index (κ2) is 8.46. The van der Waals surface area contributed by atoms with Crippen molar-refractivity contribution in [3.63, 3.8) is 0 Å². The molecule has 2 heterocycles. The van der Waals surface area contributed by atoms with Crippen LogP contribution in [0.3, 0.4) is 0 Å². The topological polar surface area (TPSA) is 87.4 Å². The maximum atomic E-state index is 13.7. The summed E-state index contributed by atoms with van der Waals surface area (Å²) < 4.78 is 5.39. The number of fused-ring (bicyclic) bond motifs is 1. The lowest BCUT2D eigenvalue weighted by Gasteiger charge is -2.34. The van der Waals surface area contributed by atoms with Crippen molar-refractivity contribution >= 4 is 11.6 Å². The molecular formula is C27H27N3O3. The van der Waals surface area contributed by atoms with Crippen molar-refractivity contribution in [1.29, 1.82) is 0 Å². The summed E-state index contributed by atoms with van der Waals surface area (Å²) in [7, 11) is 0. The average molecular weight is 442 g/mol. The van der Waals surface area contributed by atoms with Crippen LogP contribution in [0.25, 0.3) is 11.1 Å². The largest absolute Gasteiger partial charge is 0.394 e. The molecule has 1 aliphatic heterocycles. The minimum atomic E-state index is -1.16. The number of amides is 1. The zero-order chi connectivity index (χ0) is 23.0. The normalized spacial score (nSPS) is 20.3. The Morgan fingerprint density at radius 2 is 2.00 bits per heavy atom. The van der Waals surface area contributed by atoms with E-state index in [9.17, 15) is 9.90 Å². The molecule has 0 radical (unpaired) electrons. The molecule has 0 saturated carbocycles. The van der Waals surface area contributed by atoms with E-state index in [1.165, 1.54) is 0 Å². The van der Waals surface area contributed by atoms with E-state index in [-0.39, 0.29) is 12.5 Å². The fraction of sp³-hybridized carbons (Fsp3) is 0.259. The lowest BCUT2D eigenvalue weighted by atomic mass is 9.81. The number of hydrogen-bond acceptors (Lipinski definition) is 5. The molecule has 0 saturated heterocycles. The number of nitrogens with zero attached hydrogens (tertiary/aromatic N) is 1. The van der Waals surface area contributed by atoms with Crippen LogP contribution in [0.1, 0.15) is 35.4 Å². The highest BCUT2D eigenvalue weighted by Crippen LogP contribution is 2.44. The molecular weight excluding hydrogens is 414 g/mol. The summed E-state index contributed by atoms with van der Waals surface area (Å²) in [5, 5.41) is 21.0. The van der Waals surface area contributed by atoms with Crippen molar-refractivity contribution in [2.45, 2.75) is 38.3 Å². The van der Waals surface area contributed by atoms with Crippen molar-refractivity contribution in [3.8, 4) is 11.1 Å². The molecule has 6 nitrogen and oxygen atoms in total. The van der Waals surface area contributed by atoms with Crippen LogP contribution >= 0.6 is 0 Å². The molecule has 3 N–H and O–H groups in total. The van der Waals surface area contributed by atoms with Gasteiger partial charge < -0.3 is 14.9 Å². The maximum absolute atomic E-state index is 13.7. The summed E-state index contributed by atoms with van der Waals surface area (Å²) in [6, 6.07) is 15.2. The van der Waals surface area contributed by atoms with Gasteiger partial charge in [-0.3, -0.25) is 10.1 Å². The third-order valence-electron chi connectivity index (χ3n) is 6.54. The summed E-state index contributed by atoms with van der Waals surface area (Å²) in [6.07, 6.45) is 8.16. The molecule has 6 heteroatoms. The fourth-order valence-corrected chi connectivity index (χ4v) is 4.94. The smallest absolute Gasteiger partial charge is 0.254 e. The number of nitrogens with one attached hydrogen (secondary N) is 2. The van der Waals surface area contributed by atoms with Gasteiger partial charge in [0.05, 0.1) is 18.3 Å². The summed E-state index contributed by atoms with van der Waals surface area (Å²) in [5.74, 6) is 0.562. The number of aromatic nitrogens is 1. The third-order valence-corrected chi connectivity index (χ3v) is 6.54. The van der Waals surface area contributed by atoms with Gasteiger partial charge in [-0.1, -0.05) is 59.8 Å². The first kappa shape index (κ1) is 21.4. The van der Waals surface area contributed by atoms with Gasteiger partial charge in [-0.05, 0) is 55.5 Å². The first-order chi connectivity index (χ1) is 16.0. The number of carbonyl (C=O) groups is 1. The van der Waals surface area contributed by atoms with E-state index in [1.54, 1.807) is 0 Å². The SMILES string of the molecule is Cc1noc(C)c1-c1ccc2c(c1)C(N[C@@H](CO)C1=CCCC=C1)(c1ccccc1)C(=O)N2. The van der Waals surface area contributed by atoms with Crippen LogP contribution in [0.15, 0.2) is 76.9 Å². The quantitative estimate of drug-likeness (QED) is 0.528. The lowest BCUT2D eigenvalue weighted by Crippen LogP contribution is -2.54. The molecule has 0 fully saturated rings. The fourth-order valence-electron chi connectivity index (χ4n) is 4.94. The molecule has 1 aromatic heterocycles. The molecule has 33 heavy (non-hydrogen) atoms. The molecule has 1 aliphatic carbocycles. The highest BCUT2D eigenvalue weighted by atomic mass is 16.5. The van der Waals surface area contributed by atoms with E-state index in [2.05, 4.69) is 27.9 Å². The molecule has 2 aromatic carbocycles. The van der Waals surface area contributed by atoms with Crippen LogP contribution in [0, 0.1) is 13.8 Å². The Morgan fingerprint density at radius 1 is 1.18 bits per heavy atom. The van der Waals surface area contributed by atoms with Gasteiger partial charge in [0, 0.05) is 16.8 Å². The predicted molar refractivity (Wildman–Crippen MR) is 128 cm³/mol. The van der Waals surface area contributed by atoms with Crippen molar-refractivity contribution in [2.75, 3.05) is 11.9 Å². The van der Waals surface area contributed by atoms with E-state index in [4.69, 9.17) is 4.52 Å². The van der Waals surface area contributed by atoms with E-state index < -0.39 is 11.6 Å². The minimum absolute atomic E-state index is 0.128. The zero-order valence-corrected chi connectivity index (χ0v) is 18.8.